The van der Waals surface area contributed by atoms with Gasteiger partial charge in [0.15, 0.2) is 5.69 Å². The fraction of sp³-hybridized carbons (Fsp3) is 0.381. The molecule has 2 heterocycles. The minimum Gasteiger partial charge on any atom is -0.464 e. The van der Waals surface area contributed by atoms with Crippen LogP contribution < -0.4 is 10.6 Å². The molecule has 158 valence electrons. The first-order valence-corrected chi connectivity index (χ1v) is 9.99. The van der Waals surface area contributed by atoms with Crippen molar-refractivity contribution in [1.82, 2.24) is 9.47 Å². The highest BCUT2D eigenvalue weighted by Crippen LogP contribution is 2.33. The third-order valence-electron chi connectivity index (χ3n) is 5.17. The molecule has 0 aliphatic carbocycles. The summed E-state index contributed by atoms with van der Waals surface area (Å²) in [4.78, 5) is 28.7. The fourth-order valence-electron chi connectivity index (χ4n) is 3.59. The summed E-state index contributed by atoms with van der Waals surface area (Å²) in [5, 5.41) is 9.86. The first kappa shape index (κ1) is 21.5. The number of nitrogens with zero attached hydrogens (tertiary/aromatic N) is 4. The predicted molar refractivity (Wildman–Crippen MR) is 115 cm³/mol. The number of carbonyl (C=O) groups is 2. The second kappa shape index (κ2) is 8.67. The Morgan fingerprint density at radius 1 is 1.20 bits per heavy atom. The standard InChI is InChI=1S/C21H24ClN5O3/c1-13(2)20(28)26-8-6-25(7-9-26)16-5-4-15(22)10-17(16)27-12-14(11-23)18(24)19(27)21(29)30-3/h4-5,10,12-13H,6-9,24H2,1-3H3. The van der Waals surface area contributed by atoms with Gasteiger partial charge in [-0.05, 0) is 18.2 Å². The van der Waals surface area contributed by atoms with E-state index in [1.165, 1.54) is 13.3 Å². The number of ether oxygens (including phenoxy) is 1. The van der Waals surface area contributed by atoms with Crippen molar-refractivity contribution in [1.29, 1.82) is 5.26 Å². The van der Waals surface area contributed by atoms with E-state index in [4.69, 9.17) is 22.1 Å². The van der Waals surface area contributed by atoms with Crippen molar-refractivity contribution in [2.45, 2.75) is 13.8 Å². The van der Waals surface area contributed by atoms with Crippen LogP contribution in [0.4, 0.5) is 11.4 Å². The minimum atomic E-state index is -0.646. The van der Waals surface area contributed by atoms with E-state index in [0.717, 1.165) is 5.69 Å². The Labute approximate surface area is 180 Å². The van der Waals surface area contributed by atoms with Gasteiger partial charge < -0.3 is 24.8 Å². The number of nitriles is 1. The number of rotatable bonds is 4. The summed E-state index contributed by atoms with van der Waals surface area (Å²) in [6.07, 6.45) is 1.51. The van der Waals surface area contributed by atoms with Crippen LogP contribution in [0.25, 0.3) is 5.69 Å². The van der Waals surface area contributed by atoms with Crippen LogP contribution in [0.3, 0.4) is 0 Å². The summed E-state index contributed by atoms with van der Waals surface area (Å²) in [5.74, 6) is -0.555. The smallest absolute Gasteiger partial charge is 0.357 e. The summed E-state index contributed by atoms with van der Waals surface area (Å²) >= 11 is 6.25. The highest BCUT2D eigenvalue weighted by Gasteiger charge is 2.27. The molecule has 0 saturated carbocycles. The normalized spacial score (nSPS) is 14.0. The lowest BCUT2D eigenvalue weighted by Crippen LogP contribution is -2.50. The number of esters is 1. The summed E-state index contributed by atoms with van der Waals surface area (Å²) in [7, 11) is 1.26. The molecule has 1 fully saturated rings. The number of aromatic nitrogens is 1. The molecule has 1 aliphatic rings. The number of anilines is 2. The van der Waals surface area contributed by atoms with Gasteiger partial charge in [-0.25, -0.2) is 4.79 Å². The summed E-state index contributed by atoms with van der Waals surface area (Å²) in [6.45, 7) is 6.23. The number of nitrogens with two attached hydrogens (primary N) is 1. The molecule has 1 amide bonds. The molecule has 3 rings (SSSR count). The largest absolute Gasteiger partial charge is 0.464 e. The molecule has 2 N–H and O–H groups in total. The Morgan fingerprint density at radius 2 is 1.87 bits per heavy atom. The first-order chi connectivity index (χ1) is 14.3. The third kappa shape index (κ3) is 3.94. The van der Waals surface area contributed by atoms with Gasteiger partial charge in [-0.2, -0.15) is 5.26 Å². The molecule has 0 bridgehead atoms. The molecular weight excluding hydrogens is 406 g/mol. The Morgan fingerprint density at radius 3 is 2.43 bits per heavy atom. The lowest BCUT2D eigenvalue weighted by atomic mass is 10.1. The van der Waals surface area contributed by atoms with Crippen molar-refractivity contribution in [2.75, 3.05) is 43.9 Å². The molecule has 0 spiro atoms. The Bertz CT molecular complexity index is 1020. The molecule has 0 unspecified atom stereocenters. The van der Waals surface area contributed by atoms with Crippen molar-refractivity contribution in [3.8, 4) is 11.8 Å². The van der Waals surface area contributed by atoms with Gasteiger partial charge in [-0.1, -0.05) is 25.4 Å². The van der Waals surface area contributed by atoms with Crippen LogP contribution in [0.5, 0.6) is 0 Å². The molecule has 30 heavy (non-hydrogen) atoms. The zero-order valence-electron chi connectivity index (χ0n) is 17.2. The SMILES string of the molecule is COC(=O)c1c(N)c(C#N)cn1-c1cc(Cl)ccc1N1CCN(C(=O)C(C)C)CC1. The molecule has 8 nitrogen and oxygen atoms in total. The highest BCUT2D eigenvalue weighted by molar-refractivity contribution is 6.30. The lowest BCUT2D eigenvalue weighted by Gasteiger charge is -2.37. The number of hydrogen-bond acceptors (Lipinski definition) is 6. The van der Waals surface area contributed by atoms with Crippen molar-refractivity contribution < 1.29 is 14.3 Å². The maximum absolute atomic E-state index is 12.4. The fourth-order valence-corrected chi connectivity index (χ4v) is 3.76. The quantitative estimate of drug-likeness (QED) is 0.749. The van der Waals surface area contributed by atoms with E-state index in [0.29, 0.717) is 36.9 Å². The number of carbonyl (C=O) groups excluding carboxylic acids is 2. The molecule has 1 aliphatic heterocycles. The van der Waals surface area contributed by atoms with Crippen LogP contribution in [-0.2, 0) is 9.53 Å². The van der Waals surface area contributed by atoms with Crippen LogP contribution in [-0.4, -0.2) is 54.6 Å². The van der Waals surface area contributed by atoms with Gasteiger partial charge in [0.25, 0.3) is 0 Å². The second-order valence-corrected chi connectivity index (χ2v) is 7.81. The van der Waals surface area contributed by atoms with Gasteiger partial charge in [0.2, 0.25) is 5.91 Å². The van der Waals surface area contributed by atoms with Gasteiger partial charge in [0, 0.05) is 43.3 Å². The van der Waals surface area contributed by atoms with E-state index in [1.807, 2.05) is 30.9 Å². The van der Waals surface area contributed by atoms with Crippen LogP contribution in [0.15, 0.2) is 24.4 Å². The molecule has 0 radical (unpaired) electrons. The number of piperazine rings is 1. The maximum Gasteiger partial charge on any atom is 0.357 e. The van der Waals surface area contributed by atoms with Crippen LogP contribution in [0.2, 0.25) is 5.02 Å². The summed E-state index contributed by atoms with van der Waals surface area (Å²) in [6, 6.07) is 7.35. The third-order valence-corrected chi connectivity index (χ3v) is 5.40. The molecule has 9 heteroatoms. The van der Waals surface area contributed by atoms with E-state index in [-0.39, 0.29) is 28.8 Å². The number of benzene rings is 1. The molecule has 2 aromatic rings. The van der Waals surface area contributed by atoms with Gasteiger partial charge in [0.05, 0.1) is 29.7 Å². The number of halogens is 1. The second-order valence-electron chi connectivity index (χ2n) is 7.38. The van der Waals surface area contributed by atoms with Gasteiger partial charge >= 0.3 is 5.97 Å². The first-order valence-electron chi connectivity index (χ1n) is 9.61. The Balaban J connectivity index is 2.02. The zero-order chi connectivity index (χ0) is 22.0. The van der Waals surface area contributed by atoms with Crippen molar-refractivity contribution >= 4 is 34.9 Å². The summed E-state index contributed by atoms with van der Waals surface area (Å²) < 4.78 is 6.42. The lowest BCUT2D eigenvalue weighted by molar-refractivity contribution is -0.134. The monoisotopic (exact) mass is 429 g/mol. The molecule has 1 aromatic carbocycles. The van der Waals surface area contributed by atoms with E-state index in [9.17, 15) is 14.9 Å². The van der Waals surface area contributed by atoms with Crippen molar-refractivity contribution in [2.24, 2.45) is 5.92 Å². The Hall–Kier alpha value is -3.18. The average Bonchev–Trinajstić information content (AvgIpc) is 3.08. The van der Waals surface area contributed by atoms with Crippen LogP contribution in [0.1, 0.15) is 29.9 Å². The zero-order valence-corrected chi connectivity index (χ0v) is 17.9. The van der Waals surface area contributed by atoms with Crippen molar-refractivity contribution in [3.63, 3.8) is 0 Å². The molecule has 1 saturated heterocycles. The van der Waals surface area contributed by atoms with Crippen LogP contribution in [0, 0.1) is 17.2 Å². The molecular formula is C21H24ClN5O3. The topological polar surface area (TPSA) is 105 Å². The van der Waals surface area contributed by atoms with Gasteiger partial charge in [-0.3, -0.25) is 4.79 Å². The number of hydrogen-bond donors (Lipinski definition) is 1. The van der Waals surface area contributed by atoms with E-state index in [1.54, 1.807) is 16.7 Å². The number of methoxy groups -OCH3 is 1. The molecule has 1 aromatic heterocycles. The summed E-state index contributed by atoms with van der Waals surface area (Å²) in [5.41, 5.74) is 7.78. The predicted octanol–water partition coefficient (Wildman–Crippen LogP) is 2.68. The van der Waals surface area contributed by atoms with E-state index >= 15 is 0 Å². The number of amides is 1. The average molecular weight is 430 g/mol. The van der Waals surface area contributed by atoms with Gasteiger partial charge in [-0.15, -0.1) is 0 Å². The highest BCUT2D eigenvalue weighted by atomic mass is 35.5. The van der Waals surface area contributed by atoms with Gasteiger partial charge in [0.1, 0.15) is 6.07 Å². The molecule has 0 atom stereocenters. The van der Waals surface area contributed by atoms with E-state index in [2.05, 4.69) is 4.90 Å². The van der Waals surface area contributed by atoms with Crippen LogP contribution >= 0.6 is 11.6 Å². The van der Waals surface area contributed by atoms with Crippen molar-refractivity contribution in [3.05, 3.63) is 40.7 Å². The Kier molecular flexibility index (Phi) is 6.22. The minimum absolute atomic E-state index is 0.0440. The maximum atomic E-state index is 12.4. The van der Waals surface area contributed by atoms with E-state index < -0.39 is 5.97 Å². The number of nitrogen functional groups attached to an aromatic ring is 1.